The molecular weight excluding hydrogens is 304 g/mol. The lowest BCUT2D eigenvalue weighted by Gasteiger charge is -2.05. The molecule has 0 aromatic carbocycles. The second-order valence-electron chi connectivity index (χ2n) is 3.30. The molecule has 2 aromatic heterocycles. The van der Waals surface area contributed by atoms with Gasteiger partial charge in [-0.15, -0.1) is 11.3 Å². The van der Waals surface area contributed by atoms with Crippen molar-refractivity contribution in [2.45, 2.75) is 13.5 Å². The summed E-state index contributed by atoms with van der Waals surface area (Å²) in [4.78, 5) is 13.0. The van der Waals surface area contributed by atoms with E-state index in [1.165, 1.54) is 11.3 Å². The van der Waals surface area contributed by atoms with Crippen LogP contribution in [0.5, 0.6) is 5.75 Å². The van der Waals surface area contributed by atoms with E-state index in [4.69, 9.17) is 4.74 Å². The molecule has 0 aliphatic heterocycles. The highest BCUT2D eigenvalue weighted by atomic mass is 79.9. The number of rotatable bonds is 4. The number of hydrogen-bond donors (Lipinski definition) is 0. The molecule has 0 aliphatic carbocycles. The maximum absolute atomic E-state index is 12.4. The third-order valence-electron chi connectivity index (χ3n) is 2.36. The molecule has 0 atom stereocenters. The molecule has 0 N–H and O–H groups in total. The van der Waals surface area contributed by atoms with E-state index in [0.717, 1.165) is 0 Å². The first-order valence-electron chi connectivity index (χ1n) is 5.06. The number of carbonyl (C=O) groups excluding carboxylic acids is 1. The standard InChI is InChI=1S/C11H11BrN2O2S/c1-3-14-9(7(12)6-13-14)10(15)11-8(16-2)4-5-17-11/h4-6H,3H2,1-2H3. The summed E-state index contributed by atoms with van der Waals surface area (Å²) in [5.74, 6) is 0.541. The van der Waals surface area contributed by atoms with Gasteiger partial charge in [-0.05, 0) is 34.3 Å². The minimum Gasteiger partial charge on any atom is -0.495 e. The Morgan fingerprint density at radius 2 is 2.41 bits per heavy atom. The normalized spacial score (nSPS) is 10.5. The highest BCUT2D eigenvalue weighted by molar-refractivity contribution is 9.10. The summed E-state index contributed by atoms with van der Waals surface area (Å²) >= 11 is 4.72. The fourth-order valence-electron chi connectivity index (χ4n) is 1.56. The zero-order valence-corrected chi connectivity index (χ0v) is 11.8. The molecule has 4 nitrogen and oxygen atoms in total. The van der Waals surface area contributed by atoms with Crippen LogP contribution in [0.3, 0.4) is 0 Å². The molecule has 0 radical (unpaired) electrons. The van der Waals surface area contributed by atoms with Gasteiger partial charge in [-0.3, -0.25) is 9.48 Å². The molecule has 6 heteroatoms. The number of aromatic nitrogens is 2. The van der Waals surface area contributed by atoms with Crippen molar-refractivity contribution in [3.05, 3.63) is 32.7 Å². The molecule has 17 heavy (non-hydrogen) atoms. The Hall–Kier alpha value is -1.14. The Bertz CT molecular complexity index is 547. The number of halogens is 1. The molecule has 2 heterocycles. The molecule has 2 aromatic rings. The van der Waals surface area contributed by atoms with Crippen molar-refractivity contribution in [2.75, 3.05) is 7.11 Å². The number of carbonyl (C=O) groups is 1. The van der Waals surface area contributed by atoms with E-state index in [1.807, 2.05) is 12.3 Å². The number of hydrogen-bond acceptors (Lipinski definition) is 4. The zero-order valence-electron chi connectivity index (χ0n) is 9.44. The van der Waals surface area contributed by atoms with E-state index < -0.39 is 0 Å². The van der Waals surface area contributed by atoms with Gasteiger partial charge in [0.1, 0.15) is 16.3 Å². The number of aryl methyl sites for hydroxylation is 1. The van der Waals surface area contributed by atoms with Gasteiger partial charge in [0.2, 0.25) is 5.78 Å². The molecule has 0 amide bonds. The summed E-state index contributed by atoms with van der Waals surface area (Å²) in [6, 6.07) is 1.79. The van der Waals surface area contributed by atoms with E-state index in [2.05, 4.69) is 21.0 Å². The number of methoxy groups -OCH3 is 1. The number of nitrogens with zero attached hydrogens (tertiary/aromatic N) is 2. The molecule has 0 fully saturated rings. The minimum absolute atomic E-state index is 0.0666. The number of ketones is 1. The number of ether oxygens (including phenoxy) is 1. The monoisotopic (exact) mass is 314 g/mol. The lowest BCUT2D eigenvalue weighted by atomic mass is 10.2. The summed E-state index contributed by atoms with van der Waals surface area (Å²) < 4.78 is 7.54. The van der Waals surface area contributed by atoms with Crippen molar-refractivity contribution < 1.29 is 9.53 Å². The lowest BCUT2D eigenvalue weighted by Crippen LogP contribution is -2.10. The van der Waals surface area contributed by atoms with E-state index in [1.54, 1.807) is 24.1 Å². The third kappa shape index (κ3) is 2.14. The van der Waals surface area contributed by atoms with Crippen molar-refractivity contribution in [3.63, 3.8) is 0 Å². The first kappa shape index (κ1) is 12.3. The second-order valence-corrected chi connectivity index (χ2v) is 5.07. The summed E-state index contributed by atoms with van der Waals surface area (Å²) in [5, 5.41) is 5.97. The van der Waals surface area contributed by atoms with E-state index in [0.29, 0.717) is 27.3 Å². The van der Waals surface area contributed by atoms with Crippen molar-refractivity contribution in [2.24, 2.45) is 0 Å². The first-order chi connectivity index (χ1) is 8.19. The summed E-state index contributed by atoms with van der Waals surface area (Å²) in [6.07, 6.45) is 1.64. The fraction of sp³-hybridized carbons (Fsp3) is 0.273. The third-order valence-corrected chi connectivity index (χ3v) is 3.84. The van der Waals surface area contributed by atoms with Gasteiger partial charge in [0.05, 0.1) is 17.8 Å². The van der Waals surface area contributed by atoms with Crippen LogP contribution in [-0.2, 0) is 6.54 Å². The van der Waals surface area contributed by atoms with Gasteiger partial charge in [0.25, 0.3) is 0 Å². The Morgan fingerprint density at radius 1 is 1.65 bits per heavy atom. The topological polar surface area (TPSA) is 44.1 Å². The van der Waals surface area contributed by atoms with Gasteiger partial charge in [-0.25, -0.2) is 0 Å². The average molecular weight is 315 g/mol. The van der Waals surface area contributed by atoms with Crippen molar-refractivity contribution in [1.82, 2.24) is 9.78 Å². The van der Waals surface area contributed by atoms with Crippen LogP contribution in [0.25, 0.3) is 0 Å². The van der Waals surface area contributed by atoms with Crippen molar-refractivity contribution in [3.8, 4) is 5.75 Å². The van der Waals surface area contributed by atoms with Gasteiger partial charge >= 0.3 is 0 Å². The second kappa shape index (κ2) is 5.01. The van der Waals surface area contributed by atoms with Crippen LogP contribution >= 0.6 is 27.3 Å². The van der Waals surface area contributed by atoms with Gasteiger partial charge in [0.15, 0.2) is 0 Å². The summed E-state index contributed by atoms with van der Waals surface area (Å²) in [6.45, 7) is 2.60. The molecule has 0 saturated heterocycles. The summed E-state index contributed by atoms with van der Waals surface area (Å²) in [7, 11) is 1.56. The van der Waals surface area contributed by atoms with Gasteiger partial charge in [0, 0.05) is 6.54 Å². The van der Waals surface area contributed by atoms with Crippen LogP contribution in [0.15, 0.2) is 22.1 Å². The van der Waals surface area contributed by atoms with Crippen molar-refractivity contribution in [1.29, 1.82) is 0 Å². The van der Waals surface area contributed by atoms with Crippen LogP contribution in [0, 0.1) is 0 Å². The van der Waals surface area contributed by atoms with E-state index in [-0.39, 0.29) is 5.78 Å². The molecule has 0 bridgehead atoms. The van der Waals surface area contributed by atoms with Crippen molar-refractivity contribution >= 4 is 33.0 Å². The van der Waals surface area contributed by atoms with Crippen LogP contribution < -0.4 is 4.74 Å². The quantitative estimate of drug-likeness (QED) is 0.815. The van der Waals surface area contributed by atoms with Crippen LogP contribution in [-0.4, -0.2) is 22.7 Å². The maximum Gasteiger partial charge on any atom is 0.225 e. The van der Waals surface area contributed by atoms with Gasteiger partial charge in [-0.1, -0.05) is 0 Å². The molecule has 0 unspecified atom stereocenters. The van der Waals surface area contributed by atoms with Gasteiger partial charge in [-0.2, -0.15) is 5.10 Å². The smallest absolute Gasteiger partial charge is 0.225 e. The highest BCUT2D eigenvalue weighted by Gasteiger charge is 2.22. The first-order valence-corrected chi connectivity index (χ1v) is 6.73. The summed E-state index contributed by atoms with van der Waals surface area (Å²) in [5.41, 5.74) is 0.563. The van der Waals surface area contributed by atoms with E-state index in [9.17, 15) is 4.79 Å². The SMILES string of the molecule is CCn1ncc(Br)c1C(=O)c1sccc1OC. The molecule has 0 spiro atoms. The Balaban J connectivity index is 2.47. The molecule has 2 rings (SSSR count). The average Bonchev–Trinajstić information content (AvgIpc) is 2.93. The molecule has 0 saturated carbocycles. The van der Waals surface area contributed by atoms with Crippen LogP contribution in [0.1, 0.15) is 22.3 Å². The number of thiophene rings is 1. The minimum atomic E-state index is -0.0666. The van der Waals surface area contributed by atoms with E-state index >= 15 is 0 Å². The highest BCUT2D eigenvalue weighted by Crippen LogP contribution is 2.29. The fourth-order valence-corrected chi connectivity index (χ4v) is 2.83. The predicted octanol–water partition coefficient (Wildman–Crippen LogP) is 2.97. The van der Waals surface area contributed by atoms with Gasteiger partial charge < -0.3 is 4.74 Å². The molecule has 90 valence electrons. The molecule has 0 aliphatic rings. The maximum atomic E-state index is 12.4. The largest absolute Gasteiger partial charge is 0.495 e. The predicted molar refractivity (Wildman–Crippen MR) is 69.9 cm³/mol. The Labute approximate surface area is 111 Å². The Kier molecular flexibility index (Phi) is 3.63. The van der Waals surface area contributed by atoms with Crippen LogP contribution in [0.2, 0.25) is 0 Å². The zero-order chi connectivity index (χ0) is 12.4. The lowest BCUT2D eigenvalue weighted by molar-refractivity contribution is 0.102. The Morgan fingerprint density at radius 3 is 3.06 bits per heavy atom. The van der Waals surface area contributed by atoms with Crippen LogP contribution in [0.4, 0.5) is 0 Å². The molecular formula is C11H11BrN2O2S.